The molecule has 0 aliphatic carbocycles. The number of ether oxygens (including phenoxy) is 3. The smallest absolute Gasteiger partial charge is 0.407 e. The molecule has 1 aliphatic rings. The molecule has 0 saturated heterocycles. The number of carbonyl (C=O) groups is 3. The normalized spacial score (nSPS) is 19.9. The van der Waals surface area contributed by atoms with Crippen LogP contribution >= 0.6 is 0 Å². The molecule has 0 unspecified atom stereocenters. The van der Waals surface area contributed by atoms with Crippen molar-refractivity contribution in [1.29, 1.82) is 5.41 Å². The van der Waals surface area contributed by atoms with Gasteiger partial charge in [0.25, 0.3) is 0 Å². The zero-order chi connectivity index (χ0) is 29.4. The van der Waals surface area contributed by atoms with E-state index in [9.17, 15) is 34.8 Å². The molecule has 14 heteroatoms. The van der Waals surface area contributed by atoms with Gasteiger partial charge in [0, 0.05) is 17.8 Å². The van der Waals surface area contributed by atoms with Crippen molar-refractivity contribution in [3.05, 3.63) is 53.8 Å². The molecule has 0 saturated carbocycles. The Morgan fingerprint density at radius 2 is 1.93 bits per heavy atom. The molecule has 0 radical (unpaired) electrons. The second kappa shape index (κ2) is 13.5. The van der Waals surface area contributed by atoms with Crippen LogP contribution in [0.4, 0.5) is 4.79 Å². The van der Waals surface area contributed by atoms with E-state index in [1.165, 1.54) is 12.1 Å². The van der Waals surface area contributed by atoms with Gasteiger partial charge in [-0.05, 0) is 23.9 Å². The third-order valence-electron chi connectivity index (χ3n) is 6.29. The SMILES string of the molecule is C[C@H]1[C@H]([C@H](OC(=O)NCCCOC(=O)c2ccc3ccccc3c2O)[C@H](O)CO)OC(C(=O)O)=C[C@@H]1NC(=N)N. The first-order valence-corrected chi connectivity index (χ1v) is 12.4. The number of aromatic hydroxyl groups is 1. The lowest BCUT2D eigenvalue weighted by Gasteiger charge is -2.39. The summed E-state index contributed by atoms with van der Waals surface area (Å²) >= 11 is 0. The number of alkyl carbamates (subject to hydrolysis) is 1. The number of hydrogen-bond acceptors (Lipinski definition) is 10. The monoisotopic (exact) mass is 560 g/mol. The molecule has 0 aromatic heterocycles. The number of nitrogens with one attached hydrogen (secondary N) is 3. The molecule has 1 heterocycles. The van der Waals surface area contributed by atoms with Crippen molar-refractivity contribution in [2.75, 3.05) is 19.8 Å². The number of guanidine groups is 1. The topological polar surface area (TPSA) is 234 Å². The minimum absolute atomic E-state index is 0.000787. The fourth-order valence-corrected chi connectivity index (χ4v) is 4.21. The molecule has 40 heavy (non-hydrogen) atoms. The quantitative estimate of drug-likeness (QED) is 0.0807. The molecular weight excluding hydrogens is 528 g/mol. The minimum Gasteiger partial charge on any atom is -0.506 e. The highest BCUT2D eigenvalue weighted by molar-refractivity contribution is 6.01. The lowest BCUT2D eigenvalue weighted by Crippen LogP contribution is -2.56. The second-order valence-electron chi connectivity index (χ2n) is 9.08. The number of carboxylic acid groups (broad SMARTS) is 1. The summed E-state index contributed by atoms with van der Waals surface area (Å²) in [5.41, 5.74) is 5.38. The minimum atomic E-state index is -1.63. The maximum Gasteiger partial charge on any atom is 0.407 e. The van der Waals surface area contributed by atoms with Crippen LogP contribution < -0.4 is 16.4 Å². The van der Waals surface area contributed by atoms with E-state index < -0.39 is 66.6 Å². The fourth-order valence-electron chi connectivity index (χ4n) is 4.21. The van der Waals surface area contributed by atoms with E-state index in [0.717, 1.165) is 5.39 Å². The van der Waals surface area contributed by atoms with Gasteiger partial charge in [-0.3, -0.25) is 5.41 Å². The van der Waals surface area contributed by atoms with Crippen molar-refractivity contribution >= 4 is 34.8 Å². The second-order valence-corrected chi connectivity index (χ2v) is 9.08. The Labute approximate surface area is 228 Å². The molecule has 0 fully saturated rings. The number of benzene rings is 2. The predicted octanol–water partition coefficient (Wildman–Crippen LogP) is 0.395. The number of nitrogens with two attached hydrogens (primary N) is 1. The molecule has 0 bridgehead atoms. The van der Waals surface area contributed by atoms with Crippen molar-refractivity contribution in [2.45, 2.75) is 37.7 Å². The van der Waals surface area contributed by atoms with Crippen molar-refractivity contribution in [3.63, 3.8) is 0 Å². The van der Waals surface area contributed by atoms with Gasteiger partial charge < -0.3 is 51.0 Å². The summed E-state index contributed by atoms with van der Waals surface area (Å²) in [5, 5.41) is 53.4. The summed E-state index contributed by atoms with van der Waals surface area (Å²) in [5.74, 6) is -3.97. The summed E-state index contributed by atoms with van der Waals surface area (Å²) in [4.78, 5) is 36.4. The van der Waals surface area contributed by atoms with Gasteiger partial charge >= 0.3 is 18.0 Å². The molecule has 2 aromatic carbocycles. The van der Waals surface area contributed by atoms with Crippen LogP contribution in [0.25, 0.3) is 10.8 Å². The number of aliphatic hydroxyl groups excluding tert-OH is 2. The summed E-state index contributed by atoms with van der Waals surface area (Å²) in [7, 11) is 0. The van der Waals surface area contributed by atoms with E-state index in [-0.39, 0.29) is 30.9 Å². The Hall–Kier alpha value is -4.56. The largest absolute Gasteiger partial charge is 0.506 e. The number of aliphatic carboxylic acids is 1. The first-order valence-electron chi connectivity index (χ1n) is 12.4. The highest BCUT2D eigenvalue weighted by Gasteiger charge is 2.43. The third-order valence-corrected chi connectivity index (χ3v) is 6.29. The first-order chi connectivity index (χ1) is 19.0. The number of phenols is 1. The number of esters is 1. The standard InChI is InChI=1S/C26H32N4O10/c1-13-17(30-25(27)28)11-19(23(34)35)39-21(13)22(18(32)12-31)40-26(37)29-9-4-10-38-24(36)16-8-7-14-5-2-3-6-15(14)20(16)33/h2-3,5-8,11,13,17-18,21-22,31-33H,4,9-10,12H2,1H3,(H,29,37)(H,34,35)(H4,27,28,30)/t13-,17+,18-,21-,22-/m1/s1. The Morgan fingerprint density at radius 1 is 1.20 bits per heavy atom. The van der Waals surface area contributed by atoms with E-state index in [4.69, 9.17) is 25.4 Å². The predicted molar refractivity (Wildman–Crippen MR) is 140 cm³/mol. The van der Waals surface area contributed by atoms with Crippen LogP contribution in [0.5, 0.6) is 5.75 Å². The lowest BCUT2D eigenvalue weighted by molar-refractivity contribution is -0.147. The molecule has 1 amide bonds. The first kappa shape index (κ1) is 30.0. The van der Waals surface area contributed by atoms with Crippen LogP contribution in [-0.4, -0.2) is 88.5 Å². The van der Waals surface area contributed by atoms with E-state index in [1.807, 2.05) is 0 Å². The van der Waals surface area contributed by atoms with Crippen LogP contribution in [-0.2, 0) is 19.0 Å². The van der Waals surface area contributed by atoms with Gasteiger partial charge in [-0.15, -0.1) is 0 Å². The Balaban J connectivity index is 1.55. The molecule has 2 aromatic rings. The highest BCUT2D eigenvalue weighted by atomic mass is 16.6. The molecule has 3 rings (SSSR count). The number of carbonyl (C=O) groups excluding carboxylic acids is 2. The van der Waals surface area contributed by atoms with Crippen molar-refractivity contribution in [1.82, 2.24) is 10.6 Å². The van der Waals surface area contributed by atoms with Gasteiger partial charge in [0.2, 0.25) is 5.76 Å². The van der Waals surface area contributed by atoms with Crippen LogP contribution in [0.15, 0.2) is 48.2 Å². The van der Waals surface area contributed by atoms with Crippen molar-refractivity contribution < 1.29 is 49.0 Å². The maximum atomic E-state index is 12.5. The number of aliphatic hydroxyl groups is 2. The summed E-state index contributed by atoms with van der Waals surface area (Å²) in [6, 6.07) is 9.34. The van der Waals surface area contributed by atoms with E-state index in [0.29, 0.717) is 5.39 Å². The molecule has 216 valence electrons. The summed E-state index contributed by atoms with van der Waals surface area (Å²) in [6.07, 6.45) is -3.97. The lowest BCUT2D eigenvalue weighted by atomic mass is 9.87. The molecule has 0 spiro atoms. The number of fused-ring (bicyclic) bond motifs is 1. The van der Waals surface area contributed by atoms with Crippen molar-refractivity contribution in [3.8, 4) is 5.75 Å². The van der Waals surface area contributed by atoms with E-state index >= 15 is 0 Å². The highest BCUT2D eigenvalue weighted by Crippen LogP contribution is 2.30. The van der Waals surface area contributed by atoms with Gasteiger partial charge in [-0.2, -0.15) is 0 Å². The van der Waals surface area contributed by atoms with E-state index in [1.54, 1.807) is 37.3 Å². The number of carboxylic acids is 1. The molecular formula is C26H32N4O10. The van der Waals surface area contributed by atoms with Crippen LogP contribution in [0, 0.1) is 11.3 Å². The average Bonchev–Trinajstić information content (AvgIpc) is 2.92. The Morgan fingerprint density at radius 3 is 2.60 bits per heavy atom. The van der Waals surface area contributed by atoms with Crippen LogP contribution in [0.1, 0.15) is 23.7 Å². The molecule has 5 atom stereocenters. The summed E-state index contributed by atoms with van der Waals surface area (Å²) in [6.45, 7) is 0.676. The van der Waals surface area contributed by atoms with Crippen LogP contribution in [0.3, 0.4) is 0 Å². The molecule has 1 aliphatic heterocycles. The number of amides is 1. The van der Waals surface area contributed by atoms with E-state index in [2.05, 4.69) is 10.6 Å². The Kier molecular flexibility index (Phi) is 10.1. The zero-order valence-corrected chi connectivity index (χ0v) is 21.6. The zero-order valence-electron chi connectivity index (χ0n) is 21.6. The van der Waals surface area contributed by atoms with Gasteiger partial charge in [0.15, 0.2) is 12.1 Å². The van der Waals surface area contributed by atoms with Crippen molar-refractivity contribution in [2.24, 2.45) is 11.7 Å². The number of rotatable bonds is 11. The van der Waals surface area contributed by atoms with Crippen LogP contribution in [0.2, 0.25) is 0 Å². The third kappa shape index (κ3) is 7.30. The molecule has 14 nitrogen and oxygen atoms in total. The van der Waals surface area contributed by atoms with Gasteiger partial charge in [0.1, 0.15) is 23.5 Å². The Bertz CT molecular complexity index is 1280. The molecule has 9 N–H and O–H groups in total. The van der Waals surface area contributed by atoms with Gasteiger partial charge in [-0.1, -0.05) is 37.3 Å². The maximum absolute atomic E-state index is 12.5. The number of phenolic OH excluding ortho intramolecular Hbond substituents is 1. The number of hydrogen-bond donors (Lipinski definition) is 8. The fraction of sp³-hybridized carbons (Fsp3) is 0.385. The average molecular weight is 561 g/mol. The van der Waals surface area contributed by atoms with Gasteiger partial charge in [-0.25, -0.2) is 14.4 Å². The van der Waals surface area contributed by atoms with Gasteiger partial charge in [0.05, 0.1) is 19.3 Å². The summed E-state index contributed by atoms with van der Waals surface area (Å²) < 4.78 is 15.9.